The molecule has 1 nitrogen and oxygen atoms in total. The maximum absolute atomic E-state index is 12.4. The highest BCUT2D eigenvalue weighted by molar-refractivity contribution is 5.31. The van der Waals surface area contributed by atoms with E-state index >= 15 is 0 Å². The van der Waals surface area contributed by atoms with Gasteiger partial charge < -0.3 is 5.73 Å². The molecular weight excluding hydrogens is 213 g/mol. The van der Waals surface area contributed by atoms with Gasteiger partial charge in [-0.1, -0.05) is 43.3 Å². The third-order valence-electron chi connectivity index (χ3n) is 3.07. The average Bonchev–Trinajstić information content (AvgIpc) is 2.35. The zero-order chi connectivity index (χ0) is 12.8. The molecule has 92 valence electrons. The standard InChI is InChI=1S/C15H20FN/c1-11(2)12(3)15-6-4-13(5-7-15)8-14(9-16)10-17/h4-7,9,12H,1,8,10,17H2,2-3H3/b14-9-. The van der Waals surface area contributed by atoms with E-state index in [0.717, 1.165) is 11.1 Å². The number of halogens is 1. The summed E-state index contributed by atoms with van der Waals surface area (Å²) in [4.78, 5) is 0. The maximum Gasteiger partial charge on any atom is 0.0875 e. The lowest BCUT2D eigenvalue weighted by Gasteiger charge is -2.12. The highest BCUT2D eigenvalue weighted by Crippen LogP contribution is 2.22. The van der Waals surface area contributed by atoms with Gasteiger partial charge in [0.1, 0.15) is 0 Å². The van der Waals surface area contributed by atoms with Gasteiger partial charge in [0, 0.05) is 12.5 Å². The van der Waals surface area contributed by atoms with Gasteiger partial charge in [-0.2, -0.15) is 0 Å². The van der Waals surface area contributed by atoms with E-state index in [1.165, 1.54) is 5.56 Å². The molecule has 0 aliphatic heterocycles. The summed E-state index contributed by atoms with van der Waals surface area (Å²) < 4.78 is 12.4. The summed E-state index contributed by atoms with van der Waals surface area (Å²) in [5.74, 6) is 0.356. The molecule has 0 aromatic heterocycles. The number of benzene rings is 1. The number of hydrogen-bond acceptors (Lipinski definition) is 1. The van der Waals surface area contributed by atoms with Crippen molar-refractivity contribution in [2.24, 2.45) is 5.73 Å². The van der Waals surface area contributed by atoms with Crippen molar-refractivity contribution in [3.8, 4) is 0 Å². The van der Waals surface area contributed by atoms with Crippen molar-refractivity contribution in [1.29, 1.82) is 0 Å². The summed E-state index contributed by atoms with van der Waals surface area (Å²) in [6.45, 7) is 8.37. The van der Waals surface area contributed by atoms with Gasteiger partial charge >= 0.3 is 0 Å². The summed E-state index contributed by atoms with van der Waals surface area (Å²) in [7, 11) is 0. The van der Waals surface area contributed by atoms with Crippen LogP contribution in [0.5, 0.6) is 0 Å². The van der Waals surface area contributed by atoms with Gasteiger partial charge in [0.25, 0.3) is 0 Å². The Bertz CT molecular complexity index is 403. The molecule has 0 saturated carbocycles. The largest absolute Gasteiger partial charge is 0.327 e. The van der Waals surface area contributed by atoms with Gasteiger partial charge in [0.15, 0.2) is 0 Å². The van der Waals surface area contributed by atoms with Crippen LogP contribution in [0.1, 0.15) is 30.9 Å². The first-order valence-electron chi connectivity index (χ1n) is 5.81. The molecule has 0 radical (unpaired) electrons. The Hall–Kier alpha value is -1.41. The third-order valence-corrected chi connectivity index (χ3v) is 3.07. The minimum Gasteiger partial charge on any atom is -0.327 e. The molecule has 1 rings (SSSR count). The number of allylic oxidation sites excluding steroid dienone is 1. The second-order valence-corrected chi connectivity index (χ2v) is 4.46. The average molecular weight is 233 g/mol. The van der Waals surface area contributed by atoms with Crippen LogP contribution in [0.25, 0.3) is 0 Å². The molecule has 0 heterocycles. The van der Waals surface area contributed by atoms with Crippen LogP contribution in [-0.4, -0.2) is 6.54 Å². The van der Waals surface area contributed by atoms with Gasteiger partial charge in [-0.15, -0.1) is 0 Å². The van der Waals surface area contributed by atoms with E-state index < -0.39 is 0 Å². The number of nitrogens with two attached hydrogens (primary N) is 1. The van der Waals surface area contributed by atoms with Crippen LogP contribution in [0.2, 0.25) is 0 Å². The van der Waals surface area contributed by atoms with E-state index in [9.17, 15) is 4.39 Å². The molecule has 2 N–H and O–H groups in total. The minimum absolute atomic E-state index is 0.264. The second kappa shape index (κ2) is 6.36. The molecule has 1 unspecified atom stereocenters. The lowest BCUT2D eigenvalue weighted by Crippen LogP contribution is -2.05. The second-order valence-electron chi connectivity index (χ2n) is 4.46. The first-order chi connectivity index (χ1) is 8.08. The zero-order valence-electron chi connectivity index (χ0n) is 10.5. The van der Waals surface area contributed by atoms with Crippen molar-refractivity contribution in [1.82, 2.24) is 0 Å². The Morgan fingerprint density at radius 2 is 2.00 bits per heavy atom. The molecule has 0 spiro atoms. The molecule has 2 heteroatoms. The highest BCUT2D eigenvalue weighted by Gasteiger charge is 2.06. The Labute approximate surface area is 103 Å². The van der Waals surface area contributed by atoms with Crippen LogP contribution in [-0.2, 0) is 6.42 Å². The molecule has 0 aliphatic rings. The summed E-state index contributed by atoms with van der Waals surface area (Å²) >= 11 is 0. The van der Waals surface area contributed by atoms with Crippen molar-refractivity contribution in [3.05, 3.63) is 59.4 Å². The summed E-state index contributed by atoms with van der Waals surface area (Å²) in [6, 6.07) is 8.18. The summed E-state index contributed by atoms with van der Waals surface area (Å²) in [6.07, 6.45) is 1.18. The fraction of sp³-hybridized carbons (Fsp3) is 0.333. The van der Waals surface area contributed by atoms with Crippen LogP contribution in [0.4, 0.5) is 4.39 Å². The van der Waals surface area contributed by atoms with E-state index in [-0.39, 0.29) is 6.54 Å². The van der Waals surface area contributed by atoms with E-state index in [4.69, 9.17) is 5.73 Å². The summed E-state index contributed by atoms with van der Waals surface area (Å²) in [5, 5.41) is 0. The van der Waals surface area contributed by atoms with Crippen LogP contribution in [0.15, 0.2) is 48.3 Å². The van der Waals surface area contributed by atoms with Gasteiger partial charge in [-0.05, 0) is 30.0 Å². The number of hydrogen-bond donors (Lipinski definition) is 1. The van der Waals surface area contributed by atoms with E-state index in [0.29, 0.717) is 24.2 Å². The Kier molecular flexibility index (Phi) is 5.11. The monoisotopic (exact) mass is 233 g/mol. The van der Waals surface area contributed by atoms with Crippen molar-refractivity contribution in [2.45, 2.75) is 26.2 Å². The number of rotatable bonds is 5. The molecule has 0 fully saturated rings. The van der Waals surface area contributed by atoms with Gasteiger partial charge in [-0.3, -0.25) is 0 Å². The van der Waals surface area contributed by atoms with E-state index in [1.54, 1.807) is 0 Å². The SMILES string of the molecule is C=C(C)C(C)c1ccc(C/C(=C/F)CN)cc1. The lowest BCUT2D eigenvalue weighted by atomic mass is 9.93. The van der Waals surface area contributed by atoms with Crippen molar-refractivity contribution < 1.29 is 4.39 Å². The quantitative estimate of drug-likeness (QED) is 0.771. The van der Waals surface area contributed by atoms with Crippen LogP contribution in [0.3, 0.4) is 0 Å². The van der Waals surface area contributed by atoms with Crippen LogP contribution >= 0.6 is 0 Å². The lowest BCUT2D eigenvalue weighted by molar-refractivity contribution is 0.699. The molecule has 1 aromatic carbocycles. The molecule has 17 heavy (non-hydrogen) atoms. The Morgan fingerprint density at radius 3 is 2.41 bits per heavy atom. The Balaban J connectivity index is 2.78. The predicted octanol–water partition coefficient (Wildman–Crippen LogP) is 3.72. The molecule has 0 saturated heterocycles. The molecule has 1 aromatic rings. The Morgan fingerprint density at radius 1 is 1.41 bits per heavy atom. The fourth-order valence-electron chi connectivity index (χ4n) is 1.63. The van der Waals surface area contributed by atoms with Gasteiger partial charge in [0.05, 0.1) is 6.33 Å². The van der Waals surface area contributed by atoms with Gasteiger partial charge in [0.2, 0.25) is 0 Å². The topological polar surface area (TPSA) is 26.0 Å². The van der Waals surface area contributed by atoms with Crippen LogP contribution in [0, 0.1) is 0 Å². The van der Waals surface area contributed by atoms with E-state index in [2.05, 4.69) is 25.6 Å². The van der Waals surface area contributed by atoms with Crippen molar-refractivity contribution >= 4 is 0 Å². The smallest absolute Gasteiger partial charge is 0.0875 e. The molecule has 0 bridgehead atoms. The maximum atomic E-state index is 12.4. The first kappa shape index (κ1) is 13.7. The fourth-order valence-corrected chi connectivity index (χ4v) is 1.63. The molecule has 1 atom stereocenters. The zero-order valence-corrected chi connectivity index (χ0v) is 10.5. The van der Waals surface area contributed by atoms with Gasteiger partial charge in [-0.25, -0.2) is 4.39 Å². The van der Waals surface area contributed by atoms with E-state index in [1.807, 2.05) is 19.1 Å². The molecular formula is C15H20FN. The molecule has 0 amide bonds. The normalized spacial score (nSPS) is 13.5. The predicted molar refractivity (Wildman–Crippen MR) is 71.6 cm³/mol. The minimum atomic E-state index is 0.264. The summed E-state index contributed by atoms with van der Waals surface area (Å²) in [5.41, 5.74) is 9.50. The highest BCUT2D eigenvalue weighted by atomic mass is 19.1. The van der Waals surface area contributed by atoms with Crippen LogP contribution < -0.4 is 5.73 Å². The van der Waals surface area contributed by atoms with Crippen molar-refractivity contribution in [2.75, 3.05) is 6.54 Å². The third kappa shape index (κ3) is 3.82. The molecule has 0 aliphatic carbocycles. The van der Waals surface area contributed by atoms with Crippen molar-refractivity contribution in [3.63, 3.8) is 0 Å². The first-order valence-corrected chi connectivity index (χ1v) is 5.81.